The lowest BCUT2D eigenvalue weighted by molar-refractivity contribution is -0.127. The molecule has 0 bridgehead atoms. The molecule has 2 heteroatoms. The molecule has 0 aromatic rings. The molecule has 0 fully saturated rings. The zero-order valence-corrected chi connectivity index (χ0v) is 9.61. The summed E-state index contributed by atoms with van der Waals surface area (Å²) in [4.78, 5) is 11.6. The highest BCUT2D eigenvalue weighted by atomic mass is 16.1. The van der Waals surface area contributed by atoms with Crippen molar-refractivity contribution in [1.29, 1.82) is 0 Å². The van der Waals surface area contributed by atoms with Crippen LogP contribution in [0.4, 0.5) is 0 Å². The number of rotatable bonds is 5. The van der Waals surface area contributed by atoms with Crippen LogP contribution in [0.2, 0.25) is 0 Å². The van der Waals surface area contributed by atoms with Crippen LogP contribution in [-0.4, -0.2) is 12.5 Å². The second kappa shape index (κ2) is 5.25. The van der Waals surface area contributed by atoms with E-state index < -0.39 is 0 Å². The van der Waals surface area contributed by atoms with Gasteiger partial charge in [-0.2, -0.15) is 0 Å². The lowest BCUT2D eigenvalue weighted by Crippen LogP contribution is -2.37. The fourth-order valence-corrected chi connectivity index (χ4v) is 1.06. The molecule has 0 aliphatic rings. The number of hydrogen-bond donors (Lipinski definition) is 1. The lowest BCUT2D eigenvalue weighted by atomic mass is 9.77. The molecule has 2 nitrogen and oxygen atoms in total. The summed E-state index contributed by atoms with van der Waals surface area (Å²) < 4.78 is 0. The minimum absolute atomic E-state index is 0.101. The third kappa shape index (κ3) is 3.79. The second-order valence-electron chi connectivity index (χ2n) is 4.35. The van der Waals surface area contributed by atoms with E-state index in [-0.39, 0.29) is 17.2 Å². The van der Waals surface area contributed by atoms with Crippen molar-refractivity contribution in [2.45, 2.75) is 47.5 Å². The maximum absolute atomic E-state index is 11.6. The molecule has 0 aliphatic carbocycles. The zero-order chi connectivity index (χ0) is 10.5. The number of nitrogens with one attached hydrogen (secondary N) is 1. The Labute approximate surface area is 82.1 Å². The average Bonchev–Trinajstić information content (AvgIpc) is 2.12. The summed E-state index contributed by atoms with van der Waals surface area (Å²) >= 11 is 0. The Morgan fingerprint density at radius 1 is 1.38 bits per heavy atom. The van der Waals surface area contributed by atoms with Gasteiger partial charge < -0.3 is 5.32 Å². The van der Waals surface area contributed by atoms with Gasteiger partial charge in [-0.15, -0.1) is 0 Å². The van der Waals surface area contributed by atoms with E-state index in [1.807, 2.05) is 6.92 Å². The molecule has 0 aliphatic heterocycles. The van der Waals surface area contributed by atoms with E-state index in [0.29, 0.717) is 0 Å². The van der Waals surface area contributed by atoms with Gasteiger partial charge in [0.1, 0.15) is 0 Å². The largest absolute Gasteiger partial charge is 0.356 e. The third-order valence-electron chi connectivity index (χ3n) is 3.03. The first kappa shape index (κ1) is 12.5. The Kier molecular flexibility index (Phi) is 5.04. The molecule has 0 unspecified atom stereocenters. The van der Waals surface area contributed by atoms with E-state index >= 15 is 0 Å². The summed E-state index contributed by atoms with van der Waals surface area (Å²) in [5.41, 5.74) is 0.109. The smallest absolute Gasteiger partial charge is 0.223 e. The molecule has 0 saturated carbocycles. The summed E-state index contributed by atoms with van der Waals surface area (Å²) in [5, 5.41) is 2.93. The molecule has 13 heavy (non-hydrogen) atoms. The van der Waals surface area contributed by atoms with Crippen LogP contribution in [0.1, 0.15) is 47.5 Å². The average molecular weight is 185 g/mol. The molecule has 0 saturated heterocycles. The van der Waals surface area contributed by atoms with Crippen LogP contribution < -0.4 is 5.32 Å². The minimum atomic E-state index is 0.101. The van der Waals surface area contributed by atoms with Crippen molar-refractivity contribution in [2.24, 2.45) is 11.3 Å². The topological polar surface area (TPSA) is 29.1 Å². The van der Waals surface area contributed by atoms with Gasteiger partial charge in [-0.3, -0.25) is 4.79 Å². The summed E-state index contributed by atoms with van der Waals surface area (Å²) in [5.74, 6) is 0.290. The van der Waals surface area contributed by atoms with Gasteiger partial charge in [0, 0.05) is 12.5 Å². The molecule has 0 radical (unpaired) electrons. The van der Waals surface area contributed by atoms with Crippen molar-refractivity contribution < 1.29 is 4.79 Å². The molecule has 1 amide bonds. The van der Waals surface area contributed by atoms with Gasteiger partial charge in [0.2, 0.25) is 5.91 Å². The maximum Gasteiger partial charge on any atom is 0.223 e. The first-order valence-electron chi connectivity index (χ1n) is 5.23. The first-order chi connectivity index (χ1) is 5.95. The van der Waals surface area contributed by atoms with Gasteiger partial charge in [-0.25, -0.2) is 0 Å². The van der Waals surface area contributed by atoms with E-state index in [1.54, 1.807) is 0 Å². The van der Waals surface area contributed by atoms with Gasteiger partial charge in [-0.05, 0) is 11.8 Å². The molecular weight excluding hydrogens is 162 g/mol. The van der Waals surface area contributed by atoms with Crippen molar-refractivity contribution in [2.75, 3.05) is 6.54 Å². The van der Waals surface area contributed by atoms with Crippen molar-refractivity contribution in [3.8, 4) is 0 Å². The molecular formula is C11H23NO. The van der Waals surface area contributed by atoms with Crippen LogP contribution in [0.3, 0.4) is 0 Å². The van der Waals surface area contributed by atoms with Gasteiger partial charge in [0.25, 0.3) is 0 Å². The number of amides is 1. The lowest BCUT2D eigenvalue weighted by Gasteiger charge is -2.29. The number of hydrogen-bond acceptors (Lipinski definition) is 1. The Morgan fingerprint density at radius 2 is 1.92 bits per heavy atom. The standard InChI is InChI=1S/C11H23NO/c1-6-8-12-10(13)9(3)11(4,5)7-2/h9H,6-8H2,1-5H3,(H,12,13)/t9-/m0/s1. The van der Waals surface area contributed by atoms with Gasteiger partial charge >= 0.3 is 0 Å². The van der Waals surface area contributed by atoms with E-state index in [1.165, 1.54) is 0 Å². The molecule has 0 rings (SSSR count). The van der Waals surface area contributed by atoms with Crippen LogP contribution in [0, 0.1) is 11.3 Å². The normalized spacial score (nSPS) is 13.9. The highest BCUT2D eigenvalue weighted by Crippen LogP contribution is 2.29. The Hall–Kier alpha value is -0.530. The van der Waals surface area contributed by atoms with E-state index in [0.717, 1.165) is 19.4 Å². The minimum Gasteiger partial charge on any atom is -0.356 e. The summed E-state index contributed by atoms with van der Waals surface area (Å²) in [7, 11) is 0. The molecule has 78 valence electrons. The highest BCUT2D eigenvalue weighted by molar-refractivity contribution is 5.78. The molecule has 1 atom stereocenters. The Morgan fingerprint density at radius 3 is 2.31 bits per heavy atom. The monoisotopic (exact) mass is 185 g/mol. The fraction of sp³-hybridized carbons (Fsp3) is 0.909. The molecule has 0 spiro atoms. The quantitative estimate of drug-likeness (QED) is 0.701. The summed E-state index contributed by atoms with van der Waals surface area (Å²) in [6.07, 6.45) is 2.04. The number of carbonyl (C=O) groups is 1. The fourth-order valence-electron chi connectivity index (χ4n) is 1.06. The predicted molar refractivity (Wildman–Crippen MR) is 56.5 cm³/mol. The van der Waals surface area contributed by atoms with Crippen molar-refractivity contribution in [3.63, 3.8) is 0 Å². The van der Waals surface area contributed by atoms with E-state index in [2.05, 4.69) is 33.0 Å². The number of carbonyl (C=O) groups excluding carboxylic acids is 1. The Bertz CT molecular complexity index is 163. The maximum atomic E-state index is 11.6. The van der Waals surface area contributed by atoms with Crippen LogP contribution in [0.15, 0.2) is 0 Å². The molecule has 0 aromatic carbocycles. The van der Waals surface area contributed by atoms with Crippen LogP contribution in [0.5, 0.6) is 0 Å². The van der Waals surface area contributed by atoms with E-state index in [4.69, 9.17) is 0 Å². The predicted octanol–water partition coefficient (Wildman–Crippen LogP) is 2.58. The van der Waals surface area contributed by atoms with E-state index in [9.17, 15) is 4.79 Å². The van der Waals surface area contributed by atoms with Gasteiger partial charge in [0.05, 0.1) is 0 Å². The van der Waals surface area contributed by atoms with Gasteiger partial charge in [0.15, 0.2) is 0 Å². The van der Waals surface area contributed by atoms with Crippen LogP contribution >= 0.6 is 0 Å². The SMILES string of the molecule is CCCNC(=O)[C@H](C)C(C)(C)CC. The summed E-state index contributed by atoms with van der Waals surface area (Å²) in [6.45, 7) is 11.3. The first-order valence-corrected chi connectivity index (χ1v) is 5.23. The van der Waals surface area contributed by atoms with Crippen molar-refractivity contribution in [3.05, 3.63) is 0 Å². The summed E-state index contributed by atoms with van der Waals surface area (Å²) in [6, 6.07) is 0. The molecule has 0 heterocycles. The Balaban J connectivity index is 4.09. The van der Waals surface area contributed by atoms with Crippen LogP contribution in [-0.2, 0) is 4.79 Å². The highest BCUT2D eigenvalue weighted by Gasteiger charge is 2.29. The zero-order valence-electron chi connectivity index (χ0n) is 9.61. The van der Waals surface area contributed by atoms with Crippen molar-refractivity contribution >= 4 is 5.91 Å². The molecule has 1 N–H and O–H groups in total. The molecule has 0 aromatic heterocycles. The third-order valence-corrected chi connectivity index (χ3v) is 3.03. The second-order valence-corrected chi connectivity index (χ2v) is 4.35. The van der Waals surface area contributed by atoms with Crippen LogP contribution in [0.25, 0.3) is 0 Å². The van der Waals surface area contributed by atoms with Crippen molar-refractivity contribution in [1.82, 2.24) is 5.32 Å². The van der Waals surface area contributed by atoms with Gasteiger partial charge in [-0.1, -0.05) is 41.0 Å².